The van der Waals surface area contributed by atoms with Crippen LogP contribution in [0.25, 0.3) is 0 Å². The molecule has 0 aromatic heterocycles. The number of nitrogens with zero attached hydrogens (tertiary/aromatic N) is 2. The zero-order valence-electron chi connectivity index (χ0n) is 19.4. The molecule has 3 rings (SSSR count). The van der Waals surface area contributed by atoms with E-state index in [1.54, 1.807) is 38.1 Å². The van der Waals surface area contributed by atoms with Gasteiger partial charge < -0.3 is 10.6 Å². The average Bonchev–Trinajstić information content (AvgIpc) is 3.02. The van der Waals surface area contributed by atoms with E-state index in [2.05, 4.69) is 16.1 Å². The smallest absolute Gasteiger partial charge is 0.322 e. The quantitative estimate of drug-likeness (QED) is 0.462. The monoisotopic (exact) mass is 479 g/mol. The number of hydrogen-bond donors (Lipinski definition) is 3. The summed E-state index contributed by atoms with van der Waals surface area (Å²) in [6.45, 7) is 6.09. The molecular formula is C22H33N5O5S. The number of hydrogen-bond acceptors (Lipinski definition) is 6. The van der Waals surface area contributed by atoms with E-state index in [-0.39, 0.29) is 17.5 Å². The first-order chi connectivity index (χ1) is 15.6. The average molecular weight is 480 g/mol. The molecule has 182 valence electrons. The van der Waals surface area contributed by atoms with Gasteiger partial charge in [-0.1, -0.05) is 45.2 Å². The lowest BCUT2D eigenvalue weighted by Crippen LogP contribution is -2.52. The molecule has 1 aromatic rings. The fraction of sp³-hybridized carbons (Fsp3) is 0.591. The van der Waals surface area contributed by atoms with Crippen molar-refractivity contribution in [2.45, 2.75) is 69.4 Å². The van der Waals surface area contributed by atoms with Crippen LogP contribution in [0.5, 0.6) is 0 Å². The van der Waals surface area contributed by atoms with Gasteiger partial charge in [-0.2, -0.15) is 9.31 Å². The molecule has 2 fully saturated rings. The summed E-state index contributed by atoms with van der Waals surface area (Å²) in [5, 5.41) is 6.57. The highest BCUT2D eigenvalue weighted by Crippen LogP contribution is 2.33. The van der Waals surface area contributed by atoms with Gasteiger partial charge in [-0.05, 0) is 37.5 Å². The SMILES string of the molecule is CCN(CC)S(=O)(=O)c1ccc([C@H](C)NCC(=O)NN2C(=O)NC3(CCCCC3)C2=O)cc1. The van der Waals surface area contributed by atoms with Crippen LogP contribution in [0.15, 0.2) is 29.2 Å². The highest BCUT2D eigenvalue weighted by Gasteiger charge is 2.52. The van der Waals surface area contributed by atoms with E-state index in [1.807, 2.05) is 6.92 Å². The largest absolute Gasteiger partial charge is 0.344 e. The third kappa shape index (κ3) is 5.20. The molecule has 1 saturated carbocycles. The Bertz CT molecular complexity index is 985. The lowest BCUT2D eigenvalue weighted by atomic mass is 9.82. The molecule has 1 atom stereocenters. The topological polar surface area (TPSA) is 128 Å². The first-order valence-electron chi connectivity index (χ1n) is 11.4. The maximum absolute atomic E-state index is 12.7. The Balaban J connectivity index is 1.55. The van der Waals surface area contributed by atoms with Crippen molar-refractivity contribution < 1.29 is 22.8 Å². The maximum Gasteiger partial charge on any atom is 0.344 e. The molecule has 11 heteroatoms. The van der Waals surface area contributed by atoms with Crippen LogP contribution in [0, 0.1) is 0 Å². The molecule has 0 radical (unpaired) electrons. The summed E-state index contributed by atoms with van der Waals surface area (Å²) in [6, 6.07) is 5.66. The number of carbonyl (C=O) groups is 3. The van der Waals surface area contributed by atoms with E-state index in [9.17, 15) is 22.8 Å². The Morgan fingerprint density at radius 3 is 2.30 bits per heavy atom. The molecule has 10 nitrogen and oxygen atoms in total. The minimum Gasteiger partial charge on any atom is -0.322 e. The molecule has 0 bridgehead atoms. The number of carbonyl (C=O) groups excluding carboxylic acids is 3. The van der Waals surface area contributed by atoms with Gasteiger partial charge in [-0.25, -0.2) is 13.2 Å². The predicted molar refractivity (Wildman–Crippen MR) is 122 cm³/mol. The van der Waals surface area contributed by atoms with Crippen LogP contribution in [0.1, 0.15) is 64.5 Å². The van der Waals surface area contributed by atoms with Crippen molar-refractivity contribution >= 4 is 27.9 Å². The van der Waals surface area contributed by atoms with Crippen molar-refractivity contribution in [2.75, 3.05) is 19.6 Å². The number of urea groups is 1. The van der Waals surface area contributed by atoms with Gasteiger partial charge in [-0.3, -0.25) is 15.0 Å². The molecule has 2 aliphatic rings. The number of imide groups is 1. The molecule has 1 aromatic carbocycles. The summed E-state index contributed by atoms with van der Waals surface area (Å²) in [5.74, 6) is -0.919. The molecule has 33 heavy (non-hydrogen) atoms. The minimum atomic E-state index is -3.53. The summed E-state index contributed by atoms with van der Waals surface area (Å²) in [4.78, 5) is 37.6. The van der Waals surface area contributed by atoms with E-state index >= 15 is 0 Å². The van der Waals surface area contributed by atoms with E-state index < -0.39 is 33.4 Å². The van der Waals surface area contributed by atoms with Gasteiger partial charge in [0.15, 0.2) is 0 Å². The second kappa shape index (κ2) is 10.2. The Hall–Kier alpha value is -2.50. The molecule has 1 saturated heterocycles. The van der Waals surface area contributed by atoms with Crippen molar-refractivity contribution in [2.24, 2.45) is 0 Å². The second-order valence-corrected chi connectivity index (χ2v) is 10.4. The summed E-state index contributed by atoms with van der Waals surface area (Å²) in [7, 11) is -3.53. The van der Waals surface area contributed by atoms with Crippen molar-refractivity contribution in [3.8, 4) is 0 Å². The highest BCUT2D eigenvalue weighted by atomic mass is 32.2. The van der Waals surface area contributed by atoms with Crippen LogP contribution in [0.2, 0.25) is 0 Å². The minimum absolute atomic E-state index is 0.120. The van der Waals surface area contributed by atoms with E-state index in [1.165, 1.54) is 4.31 Å². The predicted octanol–water partition coefficient (Wildman–Crippen LogP) is 1.65. The number of benzene rings is 1. The summed E-state index contributed by atoms with van der Waals surface area (Å²) in [5.41, 5.74) is 2.31. The lowest BCUT2D eigenvalue weighted by Gasteiger charge is -2.30. The van der Waals surface area contributed by atoms with Crippen molar-refractivity contribution in [3.63, 3.8) is 0 Å². The fourth-order valence-corrected chi connectivity index (χ4v) is 5.84. The van der Waals surface area contributed by atoms with Crippen molar-refractivity contribution in [1.29, 1.82) is 0 Å². The van der Waals surface area contributed by atoms with Crippen molar-refractivity contribution in [3.05, 3.63) is 29.8 Å². The van der Waals surface area contributed by atoms with E-state index in [0.29, 0.717) is 25.9 Å². The Kier molecular flexibility index (Phi) is 7.76. The Morgan fingerprint density at radius 1 is 1.12 bits per heavy atom. The lowest BCUT2D eigenvalue weighted by molar-refractivity contribution is -0.139. The molecule has 1 heterocycles. The summed E-state index contributed by atoms with van der Waals surface area (Å²) >= 11 is 0. The Morgan fingerprint density at radius 2 is 1.73 bits per heavy atom. The highest BCUT2D eigenvalue weighted by molar-refractivity contribution is 7.89. The Labute approximate surface area is 195 Å². The first-order valence-corrected chi connectivity index (χ1v) is 12.9. The number of sulfonamides is 1. The maximum atomic E-state index is 12.7. The molecule has 0 unspecified atom stereocenters. The zero-order valence-corrected chi connectivity index (χ0v) is 20.2. The van der Waals surface area contributed by atoms with Crippen LogP contribution < -0.4 is 16.1 Å². The van der Waals surface area contributed by atoms with Gasteiger partial charge in [0.1, 0.15) is 5.54 Å². The standard InChI is InChI=1S/C22H33N5O5S/c1-4-26(5-2)33(31,32)18-11-9-17(10-12-18)16(3)23-15-19(28)25-27-20(29)22(24-21(27)30)13-7-6-8-14-22/h9-12,16,23H,4-8,13-15H2,1-3H3,(H,24,30)(H,25,28)/t16-/m0/s1. The second-order valence-electron chi connectivity index (χ2n) is 8.51. The third-order valence-corrected chi connectivity index (χ3v) is 8.46. The van der Waals surface area contributed by atoms with Gasteiger partial charge in [0.25, 0.3) is 11.8 Å². The molecule has 3 N–H and O–H groups in total. The van der Waals surface area contributed by atoms with Crippen LogP contribution >= 0.6 is 0 Å². The van der Waals surface area contributed by atoms with Gasteiger partial charge in [-0.15, -0.1) is 0 Å². The fourth-order valence-electron chi connectivity index (χ4n) is 4.38. The van der Waals surface area contributed by atoms with Crippen molar-refractivity contribution in [1.82, 2.24) is 25.4 Å². The summed E-state index contributed by atoms with van der Waals surface area (Å²) < 4.78 is 26.6. The number of amides is 4. The number of rotatable bonds is 9. The van der Waals surface area contributed by atoms with Gasteiger partial charge >= 0.3 is 6.03 Å². The van der Waals surface area contributed by atoms with Crippen LogP contribution in [-0.4, -0.2) is 60.8 Å². The van der Waals surface area contributed by atoms with Gasteiger partial charge in [0.05, 0.1) is 11.4 Å². The number of nitrogens with one attached hydrogen (secondary N) is 3. The molecular weight excluding hydrogens is 446 g/mol. The molecule has 1 spiro atoms. The van der Waals surface area contributed by atoms with E-state index in [4.69, 9.17) is 0 Å². The number of hydrazine groups is 1. The molecule has 4 amide bonds. The normalized spacial score (nSPS) is 19.1. The van der Waals surface area contributed by atoms with E-state index in [0.717, 1.165) is 29.8 Å². The van der Waals surface area contributed by atoms with Crippen LogP contribution in [0.3, 0.4) is 0 Å². The summed E-state index contributed by atoms with van der Waals surface area (Å²) in [6.07, 6.45) is 3.92. The van der Waals surface area contributed by atoms with Crippen LogP contribution in [-0.2, 0) is 19.6 Å². The zero-order chi connectivity index (χ0) is 24.2. The van der Waals surface area contributed by atoms with Crippen LogP contribution in [0.4, 0.5) is 4.79 Å². The molecule has 1 aliphatic carbocycles. The van der Waals surface area contributed by atoms with Gasteiger partial charge in [0.2, 0.25) is 10.0 Å². The molecule has 1 aliphatic heterocycles. The third-order valence-electron chi connectivity index (χ3n) is 6.40. The van der Waals surface area contributed by atoms with Gasteiger partial charge in [0, 0.05) is 19.1 Å². The first kappa shape index (κ1) is 25.1.